The van der Waals surface area contributed by atoms with E-state index in [0.717, 1.165) is 18.9 Å². The predicted octanol–water partition coefficient (Wildman–Crippen LogP) is 6.36. The fourth-order valence-electron chi connectivity index (χ4n) is 4.73. The maximum Gasteiger partial charge on any atom is 0.433 e. The van der Waals surface area contributed by atoms with Crippen molar-refractivity contribution in [1.29, 1.82) is 0 Å². The van der Waals surface area contributed by atoms with Gasteiger partial charge in [0, 0.05) is 18.0 Å². The summed E-state index contributed by atoms with van der Waals surface area (Å²) in [6.45, 7) is 8.33. The minimum atomic E-state index is -4.95. The summed E-state index contributed by atoms with van der Waals surface area (Å²) in [6, 6.07) is 3.65. The molecule has 9 heteroatoms. The number of hydrogen-bond acceptors (Lipinski definition) is 3. The van der Waals surface area contributed by atoms with Crippen LogP contribution in [-0.4, -0.2) is 22.7 Å². The van der Waals surface area contributed by atoms with Gasteiger partial charge in [-0.2, -0.15) is 26.3 Å². The maximum atomic E-state index is 13.4. The molecule has 0 amide bonds. The van der Waals surface area contributed by atoms with Crippen molar-refractivity contribution in [3.8, 4) is 0 Å². The van der Waals surface area contributed by atoms with Crippen LogP contribution in [0.1, 0.15) is 63.5 Å². The second kappa shape index (κ2) is 8.48. The van der Waals surface area contributed by atoms with Crippen molar-refractivity contribution in [3.05, 3.63) is 41.1 Å². The third-order valence-corrected chi connectivity index (χ3v) is 6.99. The van der Waals surface area contributed by atoms with Crippen molar-refractivity contribution in [2.24, 2.45) is 17.3 Å². The molecular formula is C23H28F6N2O. The molecule has 3 nitrogen and oxygen atoms in total. The van der Waals surface area contributed by atoms with Gasteiger partial charge >= 0.3 is 12.4 Å². The molecule has 0 spiro atoms. The first-order valence-electron chi connectivity index (χ1n) is 10.6. The topological polar surface area (TPSA) is 45.1 Å². The summed E-state index contributed by atoms with van der Waals surface area (Å²) in [5, 5.41) is 13.7. The Hall–Kier alpha value is -1.87. The fraction of sp³-hybridized carbons (Fsp3) is 0.609. The maximum absolute atomic E-state index is 13.4. The SMILES string of the molecule is CC(NCC(O)c1cc(C(F)(F)F)nc2c(C(F)(F)F)cccc12)C(C)C1CCC1(C)C. The molecule has 1 fully saturated rings. The lowest BCUT2D eigenvalue weighted by Crippen LogP contribution is -2.46. The van der Waals surface area contributed by atoms with Crippen LogP contribution in [0, 0.1) is 17.3 Å². The standard InChI is InChI=1S/C23H28F6N2O/c1-12(16-8-9-21(16,3)4)13(2)30-11-18(32)15-10-19(23(27,28)29)31-20-14(15)6-5-7-17(20)22(24,25)26/h5-7,10,12-13,16,18,30,32H,8-9,11H2,1-4H3. The molecule has 1 heterocycles. The average Bonchev–Trinajstić information content (AvgIpc) is 2.68. The molecule has 0 bridgehead atoms. The molecule has 0 aliphatic heterocycles. The quantitative estimate of drug-likeness (QED) is 0.492. The van der Waals surface area contributed by atoms with Crippen LogP contribution in [0.15, 0.2) is 24.3 Å². The number of alkyl halides is 6. The van der Waals surface area contributed by atoms with Gasteiger partial charge in [0.1, 0.15) is 5.69 Å². The summed E-state index contributed by atoms with van der Waals surface area (Å²) >= 11 is 0. The summed E-state index contributed by atoms with van der Waals surface area (Å²) < 4.78 is 80.3. The second-order valence-electron chi connectivity index (χ2n) is 9.50. The highest BCUT2D eigenvalue weighted by atomic mass is 19.4. The monoisotopic (exact) mass is 462 g/mol. The number of hydrogen-bond donors (Lipinski definition) is 2. The zero-order valence-electron chi connectivity index (χ0n) is 18.4. The van der Waals surface area contributed by atoms with E-state index in [1.165, 1.54) is 6.07 Å². The number of fused-ring (bicyclic) bond motifs is 1. The summed E-state index contributed by atoms with van der Waals surface area (Å²) in [4.78, 5) is 3.26. The van der Waals surface area contributed by atoms with Crippen molar-refractivity contribution in [2.75, 3.05) is 6.54 Å². The highest BCUT2D eigenvalue weighted by Gasteiger charge is 2.43. The number of nitrogens with one attached hydrogen (secondary N) is 1. The van der Waals surface area contributed by atoms with Crippen molar-refractivity contribution >= 4 is 10.9 Å². The van der Waals surface area contributed by atoms with Crippen molar-refractivity contribution in [1.82, 2.24) is 10.3 Å². The number of para-hydroxylation sites is 1. The molecule has 2 N–H and O–H groups in total. The van der Waals surface area contributed by atoms with Gasteiger partial charge in [-0.25, -0.2) is 4.98 Å². The third-order valence-electron chi connectivity index (χ3n) is 6.99. The number of pyridine rings is 1. The summed E-state index contributed by atoms with van der Waals surface area (Å²) in [7, 11) is 0. The molecule has 2 aromatic rings. The van der Waals surface area contributed by atoms with Gasteiger partial charge in [-0.15, -0.1) is 0 Å². The first-order chi connectivity index (χ1) is 14.6. The normalized spacial score (nSPS) is 21.8. The van der Waals surface area contributed by atoms with E-state index in [2.05, 4.69) is 31.1 Å². The van der Waals surface area contributed by atoms with Crippen LogP contribution in [0.3, 0.4) is 0 Å². The number of benzene rings is 1. The van der Waals surface area contributed by atoms with Gasteiger partial charge in [0.25, 0.3) is 0 Å². The highest BCUT2D eigenvalue weighted by Crippen LogP contribution is 2.50. The molecule has 0 radical (unpaired) electrons. The minimum Gasteiger partial charge on any atom is -0.387 e. The molecule has 1 aliphatic rings. The summed E-state index contributed by atoms with van der Waals surface area (Å²) in [5.41, 5.74) is -3.57. The second-order valence-corrected chi connectivity index (χ2v) is 9.50. The first kappa shape index (κ1) is 24.8. The number of halogens is 6. The van der Waals surface area contributed by atoms with Gasteiger partial charge in [0.2, 0.25) is 0 Å². The van der Waals surface area contributed by atoms with E-state index < -0.39 is 35.2 Å². The smallest absolute Gasteiger partial charge is 0.387 e. The molecule has 32 heavy (non-hydrogen) atoms. The molecule has 1 aromatic heterocycles. The summed E-state index contributed by atoms with van der Waals surface area (Å²) in [5.74, 6) is 0.748. The molecule has 178 valence electrons. The highest BCUT2D eigenvalue weighted by molar-refractivity contribution is 5.86. The molecule has 4 unspecified atom stereocenters. The van der Waals surface area contributed by atoms with E-state index >= 15 is 0 Å². The minimum absolute atomic E-state index is 0.0323. The molecule has 1 aliphatic carbocycles. The number of aliphatic hydroxyl groups is 1. The summed E-state index contributed by atoms with van der Waals surface area (Å²) in [6.07, 6.45) is -9.05. The molecule has 0 saturated heterocycles. The molecule has 3 rings (SSSR count). The number of aromatic nitrogens is 1. The van der Waals surface area contributed by atoms with Crippen LogP contribution in [0.2, 0.25) is 0 Å². The van der Waals surface area contributed by atoms with Crippen molar-refractivity contribution in [3.63, 3.8) is 0 Å². The lowest BCUT2D eigenvalue weighted by molar-refractivity contribution is -0.142. The Morgan fingerprint density at radius 2 is 1.78 bits per heavy atom. The van der Waals surface area contributed by atoms with Crippen LogP contribution < -0.4 is 5.32 Å². The van der Waals surface area contributed by atoms with Gasteiger partial charge < -0.3 is 10.4 Å². The number of nitrogens with zero attached hydrogens (tertiary/aromatic N) is 1. The Labute approximate surface area is 183 Å². The zero-order chi connectivity index (χ0) is 24.1. The van der Waals surface area contributed by atoms with Gasteiger partial charge in [0.05, 0.1) is 17.2 Å². The molecule has 4 atom stereocenters. The number of aliphatic hydroxyl groups excluding tert-OH is 1. The number of rotatable bonds is 6. The van der Waals surface area contributed by atoms with Gasteiger partial charge in [-0.3, -0.25) is 0 Å². The molecular weight excluding hydrogens is 434 g/mol. The van der Waals surface area contributed by atoms with E-state index in [1.807, 2.05) is 6.92 Å². The van der Waals surface area contributed by atoms with Gasteiger partial charge in [-0.1, -0.05) is 32.9 Å². The van der Waals surface area contributed by atoms with Crippen molar-refractivity contribution < 1.29 is 31.4 Å². The van der Waals surface area contributed by atoms with Gasteiger partial charge in [-0.05, 0) is 54.7 Å². The van der Waals surface area contributed by atoms with Crippen LogP contribution >= 0.6 is 0 Å². The Bertz CT molecular complexity index is 969. The Kier molecular flexibility index (Phi) is 6.56. The lowest BCUT2D eigenvalue weighted by atomic mass is 9.57. The average molecular weight is 462 g/mol. The van der Waals surface area contributed by atoms with E-state index in [-0.39, 0.29) is 34.9 Å². The van der Waals surface area contributed by atoms with E-state index in [9.17, 15) is 31.4 Å². The zero-order valence-corrected chi connectivity index (χ0v) is 18.4. The Morgan fingerprint density at radius 1 is 1.12 bits per heavy atom. The fourth-order valence-corrected chi connectivity index (χ4v) is 4.73. The van der Waals surface area contributed by atoms with E-state index in [1.54, 1.807) is 0 Å². The first-order valence-corrected chi connectivity index (χ1v) is 10.6. The Morgan fingerprint density at radius 3 is 2.28 bits per heavy atom. The predicted molar refractivity (Wildman–Crippen MR) is 110 cm³/mol. The van der Waals surface area contributed by atoms with Gasteiger partial charge in [0.15, 0.2) is 0 Å². The van der Waals surface area contributed by atoms with Crippen LogP contribution in [0.4, 0.5) is 26.3 Å². The third kappa shape index (κ3) is 4.88. The van der Waals surface area contributed by atoms with Crippen molar-refractivity contribution in [2.45, 2.75) is 65.0 Å². The Balaban J connectivity index is 1.91. The van der Waals surface area contributed by atoms with Crippen LogP contribution in [-0.2, 0) is 12.4 Å². The van der Waals surface area contributed by atoms with Crippen LogP contribution in [0.25, 0.3) is 10.9 Å². The molecule has 1 saturated carbocycles. The lowest BCUT2D eigenvalue weighted by Gasteiger charge is -2.49. The van der Waals surface area contributed by atoms with E-state index in [0.29, 0.717) is 18.1 Å². The largest absolute Gasteiger partial charge is 0.433 e. The molecule has 1 aromatic carbocycles. The van der Waals surface area contributed by atoms with E-state index in [4.69, 9.17) is 0 Å². The van der Waals surface area contributed by atoms with Crippen LogP contribution in [0.5, 0.6) is 0 Å².